The number of hydrogen-bond donors (Lipinski definition) is 1. The molecule has 0 aliphatic carbocycles. The average molecular weight is 222 g/mol. The van der Waals surface area contributed by atoms with Crippen LogP contribution >= 0.6 is 0 Å². The van der Waals surface area contributed by atoms with Crippen molar-refractivity contribution in [3.8, 4) is 0 Å². The maximum Gasteiger partial charge on any atom is 0.184 e. The van der Waals surface area contributed by atoms with Crippen molar-refractivity contribution in [3.05, 3.63) is 35.9 Å². The minimum absolute atomic E-state index is 0.0325. The summed E-state index contributed by atoms with van der Waals surface area (Å²) in [4.78, 5) is 0. The number of aliphatic hydroxyl groups is 1. The third kappa shape index (κ3) is 1.97. The Labute approximate surface area is 93.7 Å². The van der Waals surface area contributed by atoms with Gasteiger partial charge in [0, 0.05) is 5.56 Å². The third-order valence-electron chi connectivity index (χ3n) is 2.88. The van der Waals surface area contributed by atoms with Gasteiger partial charge in [-0.15, -0.1) is 0 Å². The molecule has 0 spiro atoms. The van der Waals surface area contributed by atoms with Crippen LogP contribution in [0, 0.1) is 0 Å². The van der Waals surface area contributed by atoms with Crippen molar-refractivity contribution in [3.63, 3.8) is 0 Å². The van der Waals surface area contributed by atoms with Crippen LogP contribution in [0.5, 0.6) is 0 Å². The third-order valence-corrected chi connectivity index (χ3v) is 2.88. The van der Waals surface area contributed by atoms with Gasteiger partial charge >= 0.3 is 0 Å². The van der Waals surface area contributed by atoms with E-state index in [1.807, 2.05) is 30.3 Å². The molecule has 1 aromatic rings. The van der Waals surface area contributed by atoms with Gasteiger partial charge in [-0.05, 0) is 0 Å². The Hall–Kier alpha value is -0.940. The Kier molecular flexibility index (Phi) is 2.65. The van der Waals surface area contributed by atoms with E-state index in [9.17, 15) is 5.11 Å². The highest BCUT2D eigenvalue weighted by atomic mass is 16.7. The Morgan fingerprint density at radius 1 is 1.06 bits per heavy atom. The van der Waals surface area contributed by atoms with Crippen LogP contribution in [-0.4, -0.2) is 36.6 Å². The molecule has 4 unspecified atom stereocenters. The molecule has 16 heavy (non-hydrogen) atoms. The molecule has 3 rings (SSSR count). The fraction of sp³-hybridized carbons (Fsp3) is 0.500. The second-order valence-electron chi connectivity index (χ2n) is 4.12. The fourth-order valence-corrected chi connectivity index (χ4v) is 1.92. The maximum atomic E-state index is 9.71. The SMILES string of the molecule is OC1COC(c2ccccc2)OC1C1CO1. The zero-order valence-electron chi connectivity index (χ0n) is 8.78. The van der Waals surface area contributed by atoms with Crippen molar-refractivity contribution in [2.75, 3.05) is 13.2 Å². The van der Waals surface area contributed by atoms with E-state index in [0.717, 1.165) is 5.56 Å². The Morgan fingerprint density at radius 2 is 1.81 bits per heavy atom. The molecule has 1 N–H and O–H groups in total. The smallest absolute Gasteiger partial charge is 0.184 e. The quantitative estimate of drug-likeness (QED) is 0.754. The molecule has 0 saturated carbocycles. The van der Waals surface area contributed by atoms with Crippen molar-refractivity contribution in [2.45, 2.75) is 24.6 Å². The van der Waals surface area contributed by atoms with Gasteiger partial charge in [0.15, 0.2) is 6.29 Å². The predicted molar refractivity (Wildman–Crippen MR) is 55.8 cm³/mol. The summed E-state index contributed by atoms with van der Waals surface area (Å²) in [6, 6.07) is 9.73. The second kappa shape index (κ2) is 4.14. The lowest BCUT2D eigenvalue weighted by molar-refractivity contribution is -0.260. The van der Waals surface area contributed by atoms with Crippen molar-refractivity contribution in [2.24, 2.45) is 0 Å². The molecular weight excluding hydrogens is 208 g/mol. The van der Waals surface area contributed by atoms with Crippen LogP contribution in [-0.2, 0) is 14.2 Å². The Morgan fingerprint density at radius 3 is 2.50 bits per heavy atom. The number of benzene rings is 1. The summed E-state index contributed by atoms with van der Waals surface area (Å²) in [7, 11) is 0. The number of ether oxygens (including phenoxy) is 3. The number of epoxide rings is 1. The molecule has 4 atom stereocenters. The monoisotopic (exact) mass is 222 g/mol. The highest BCUT2D eigenvalue weighted by Gasteiger charge is 2.43. The lowest BCUT2D eigenvalue weighted by atomic mass is 10.1. The predicted octanol–water partition coefficient (Wildman–Crippen LogP) is 0.860. The number of rotatable bonds is 2. The molecular formula is C12H14O4. The van der Waals surface area contributed by atoms with Crippen LogP contribution in [0.25, 0.3) is 0 Å². The molecule has 0 amide bonds. The van der Waals surface area contributed by atoms with E-state index in [-0.39, 0.29) is 12.2 Å². The van der Waals surface area contributed by atoms with Crippen LogP contribution in [0.1, 0.15) is 11.9 Å². The molecule has 1 aromatic carbocycles. The molecule has 2 aliphatic heterocycles. The first-order valence-electron chi connectivity index (χ1n) is 5.46. The summed E-state index contributed by atoms with van der Waals surface area (Å²) in [6.45, 7) is 0.966. The van der Waals surface area contributed by atoms with Gasteiger partial charge in [0.2, 0.25) is 0 Å². The fourth-order valence-electron chi connectivity index (χ4n) is 1.92. The molecule has 4 heteroatoms. The Balaban J connectivity index is 1.73. The van der Waals surface area contributed by atoms with Gasteiger partial charge < -0.3 is 19.3 Å². The van der Waals surface area contributed by atoms with E-state index in [1.54, 1.807) is 0 Å². The van der Waals surface area contributed by atoms with Gasteiger partial charge in [-0.3, -0.25) is 0 Å². The van der Waals surface area contributed by atoms with E-state index >= 15 is 0 Å². The van der Waals surface area contributed by atoms with Gasteiger partial charge in [0.05, 0.1) is 13.2 Å². The van der Waals surface area contributed by atoms with Gasteiger partial charge in [0.1, 0.15) is 18.3 Å². The molecule has 0 aromatic heterocycles. The van der Waals surface area contributed by atoms with E-state index in [0.29, 0.717) is 13.2 Å². The van der Waals surface area contributed by atoms with E-state index in [1.165, 1.54) is 0 Å². The van der Waals surface area contributed by atoms with Crippen molar-refractivity contribution in [1.29, 1.82) is 0 Å². The van der Waals surface area contributed by atoms with Crippen molar-refractivity contribution >= 4 is 0 Å². The number of aliphatic hydroxyl groups excluding tert-OH is 1. The van der Waals surface area contributed by atoms with E-state index in [2.05, 4.69) is 0 Å². The first kappa shape index (κ1) is 10.2. The maximum absolute atomic E-state index is 9.71. The molecule has 0 radical (unpaired) electrons. The minimum atomic E-state index is -0.590. The van der Waals surface area contributed by atoms with Gasteiger partial charge in [-0.1, -0.05) is 30.3 Å². The summed E-state index contributed by atoms with van der Waals surface area (Å²) in [5.74, 6) is 0. The first-order chi connectivity index (χ1) is 7.84. The molecule has 2 saturated heterocycles. The molecule has 2 heterocycles. The summed E-state index contributed by atoms with van der Waals surface area (Å²) < 4.78 is 16.3. The van der Waals surface area contributed by atoms with Crippen LogP contribution in [0.4, 0.5) is 0 Å². The largest absolute Gasteiger partial charge is 0.388 e. The zero-order chi connectivity index (χ0) is 11.0. The lowest BCUT2D eigenvalue weighted by Gasteiger charge is -2.33. The highest BCUT2D eigenvalue weighted by Crippen LogP contribution is 2.31. The molecule has 0 bridgehead atoms. The van der Waals surface area contributed by atoms with Crippen molar-refractivity contribution in [1.82, 2.24) is 0 Å². The molecule has 2 aliphatic rings. The lowest BCUT2D eigenvalue weighted by Crippen LogP contribution is -2.43. The van der Waals surface area contributed by atoms with Crippen molar-refractivity contribution < 1.29 is 19.3 Å². The minimum Gasteiger partial charge on any atom is -0.388 e. The van der Waals surface area contributed by atoms with Crippen LogP contribution in [0.15, 0.2) is 30.3 Å². The summed E-state index contributed by atoms with van der Waals surface area (Å²) in [5.41, 5.74) is 0.972. The standard InChI is InChI=1S/C12H14O4/c13-9-6-15-12(8-4-2-1-3-5-8)16-11(9)10-7-14-10/h1-5,9-13H,6-7H2. The molecule has 86 valence electrons. The zero-order valence-corrected chi connectivity index (χ0v) is 8.78. The van der Waals surface area contributed by atoms with Crippen LogP contribution < -0.4 is 0 Å². The summed E-state index contributed by atoms with van der Waals surface area (Å²) in [5, 5.41) is 9.71. The van der Waals surface area contributed by atoms with Gasteiger partial charge in [-0.2, -0.15) is 0 Å². The molecule has 4 nitrogen and oxygen atoms in total. The number of hydrogen-bond acceptors (Lipinski definition) is 4. The average Bonchev–Trinajstić information content (AvgIpc) is 3.15. The normalized spacial score (nSPS) is 38.3. The summed E-state index contributed by atoms with van der Waals surface area (Å²) >= 11 is 0. The van der Waals surface area contributed by atoms with Gasteiger partial charge in [0.25, 0.3) is 0 Å². The van der Waals surface area contributed by atoms with E-state index in [4.69, 9.17) is 14.2 Å². The Bertz CT molecular complexity index is 349. The highest BCUT2D eigenvalue weighted by molar-refractivity contribution is 5.16. The van der Waals surface area contributed by atoms with Crippen LogP contribution in [0.2, 0.25) is 0 Å². The van der Waals surface area contributed by atoms with E-state index < -0.39 is 12.4 Å². The van der Waals surface area contributed by atoms with Crippen LogP contribution in [0.3, 0.4) is 0 Å². The second-order valence-corrected chi connectivity index (χ2v) is 4.12. The topological polar surface area (TPSA) is 51.2 Å². The first-order valence-corrected chi connectivity index (χ1v) is 5.46. The van der Waals surface area contributed by atoms with Gasteiger partial charge in [-0.25, -0.2) is 0 Å². The molecule has 2 fully saturated rings. The summed E-state index contributed by atoms with van der Waals surface area (Å²) in [6.07, 6.45) is -1.21.